The molecule has 20 heavy (non-hydrogen) atoms. The molecule has 0 fully saturated rings. The predicted octanol–water partition coefficient (Wildman–Crippen LogP) is 3.29. The van der Waals surface area contributed by atoms with E-state index < -0.39 is 0 Å². The lowest BCUT2D eigenvalue weighted by molar-refractivity contribution is 0.102. The molecule has 5 nitrogen and oxygen atoms in total. The number of amides is 1. The molecular weight excluding hydrogens is 340 g/mol. The molecule has 0 spiro atoms. The number of carbonyl (C=O) groups is 1. The summed E-state index contributed by atoms with van der Waals surface area (Å²) in [7, 11) is 0. The van der Waals surface area contributed by atoms with E-state index in [1.807, 2.05) is 24.3 Å². The average molecular weight is 349 g/mol. The number of halogens is 1. The summed E-state index contributed by atoms with van der Waals surface area (Å²) < 4.78 is 0.846. The summed E-state index contributed by atoms with van der Waals surface area (Å²) >= 11 is 4.62. The Bertz CT molecular complexity index is 802. The Hall–Kier alpha value is -1.99. The van der Waals surface area contributed by atoms with Gasteiger partial charge < -0.3 is 5.73 Å². The van der Waals surface area contributed by atoms with Crippen molar-refractivity contribution in [3.8, 4) is 0 Å². The number of fused-ring (bicyclic) bond motifs is 1. The molecule has 100 valence electrons. The van der Waals surface area contributed by atoms with Crippen LogP contribution >= 0.6 is 27.3 Å². The molecule has 0 unspecified atom stereocenters. The fraction of sp³-hybridized carbons (Fsp3) is 0. The maximum Gasteiger partial charge on any atom is 0.276 e. The molecule has 7 heteroatoms. The molecule has 0 saturated heterocycles. The third-order valence-electron chi connectivity index (χ3n) is 2.68. The fourth-order valence-electron chi connectivity index (χ4n) is 1.79. The lowest BCUT2D eigenvalue weighted by Crippen LogP contribution is -2.14. The Morgan fingerprint density at radius 3 is 2.90 bits per heavy atom. The van der Waals surface area contributed by atoms with Gasteiger partial charge in [0.1, 0.15) is 5.69 Å². The molecule has 0 saturated carbocycles. The lowest BCUT2D eigenvalue weighted by Gasteiger charge is -2.05. The van der Waals surface area contributed by atoms with Crippen LogP contribution in [0.4, 0.5) is 10.8 Å². The Morgan fingerprint density at radius 1 is 1.35 bits per heavy atom. The monoisotopic (exact) mass is 348 g/mol. The van der Waals surface area contributed by atoms with Gasteiger partial charge in [-0.25, -0.2) is 9.97 Å². The summed E-state index contributed by atoms with van der Waals surface area (Å²) in [5.74, 6) is -0.329. The molecule has 0 aliphatic heterocycles. The maximum atomic E-state index is 12.1. The van der Waals surface area contributed by atoms with Crippen molar-refractivity contribution in [1.29, 1.82) is 0 Å². The minimum absolute atomic E-state index is 0.271. The summed E-state index contributed by atoms with van der Waals surface area (Å²) in [6, 6.07) is 9.00. The van der Waals surface area contributed by atoms with Crippen molar-refractivity contribution >= 4 is 54.9 Å². The second-order valence-corrected chi connectivity index (χ2v) is 6.45. The van der Waals surface area contributed by atoms with E-state index in [-0.39, 0.29) is 11.6 Å². The number of aromatic nitrogens is 2. The van der Waals surface area contributed by atoms with Gasteiger partial charge in [-0.15, -0.1) is 0 Å². The Morgan fingerprint density at radius 2 is 2.15 bits per heavy atom. The molecule has 3 N–H and O–H groups in total. The van der Waals surface area contributed by atoms with Crippen molar-refractivity contribution in [3.05, 3.63) is 46.0 Å². The number of nitrogens with two attached hydrogens (primary N) is 1. The van der Waals surface area contributed by atoms with E-state index in [4.69, 9.17) is 5.73 Å². The zero-order valence-corrected chi connectivity index (χ0v) is 12.5. The maximum absolute atomic E-state index is 12.1. The van der Waals surface area contributed by atoms with Gasteiger partial charge in [0.05, 0.1) is 15.5 Å². The van der Waals surface area contributed by atoms with Crippen LogP contribution in [0.5, 0.6) is 0 Å². The predicted molar refractivity (Wildman–Crippen MR) is 83.9 cm³/mol. The van der Waals surface area contributed by atoms with Crippen LogP contribution < -0.4 is 11.1 Å². The smallest absolute Gasteiger partial charge is 0.276 e. The highest BCUT2D eigenvalue weighted by Gasteiger charge is 2.12. The number of nitrogen functional groups attached to an aromatic ring is 1. The zero-order valence-electron chi connectivity index (χ0n) is 10.1. The van der Waals surface area contributed by atoms with Gasteiger partial charge in [0, 0.05) is 11.1 Å². The number of nitrogens with one attached hydrogen (secondary N) is 1. The van der Waals surface area contributed by atoms with Crippen molar-refractivity contribution in [3.63, 3.8) is 0 Å². The number of hydrogen-bond acceptors (Lipinski definition) is 5. The van der Waals surface area contributed by atoms with E-state index in [1.54, 1.807) is 12.3 Å². The third kappa shape index (κ3) is 2.50. The van der Waals surface area contributed by atoms with Crippen LogP contribution in [0.25, 0.3) is 10.9 Å². The van der Waals surface area contributed by atoms with Crippen LogP contribution in [0.2, 0.25) is 0 Å². The first-order chi connectivity index (χ1) is 9.63. The first-order valence-corrected chi connectivity index (χ1v) is 7.32. The number of benzene rings is 1. The molecule has 3 rings (SSSR count). The second-order valence-electron chi connectivity index (χ2n) is 4.04. The standard InChI is InChI=1S/C13H9BrN4OS/c14-11-6-16-13(20-11)18-12(19)10-5-8(15)7-3-1-2-4-9(7)17-10/h1-6H,(H2,15,17)(H,16,18,19). The van der Waals surface area contributed by atoms with Crippen LogP contribution in [0.15, 0.2) is 40.3 Å². The molecule has 1 aromatic carbocycles. The quantitative estimate of drug-likeness (QED) is 0.744. The molecule has 0 aliphatic carbocycles. The van der Waals surface area contributed by atoms with Crippen molar-refractivity contribution in [2.24, 2.45) is 0 Å². The van der Waals surface area contributed by atoms with Crippen molar-refractivity contribution < 1.29 is 4.79 Å². The normalized spacial score (nSPS) is 10.7. The Labute approximate surface area is 127 Å². The van der Waals surface area contributed by atoms with Crippen molar-refractivity contribution in [2.75, 3.05) is 11.1 Å². The van der Waals surface area contributed by atoms with Gasteiger partial charge in [-0.1, -0.05) is 29.5 Å². The van der Waals surface area contributed by atoms with E-state index in [0.29, 0.717) is 16.3 Å². The topological polar surface area (TPSA) is 80.9 Å². The van der Waals surface area contributed by atoms with E-state index in [2.05, 4.69) is 31.2 Å². The number of nitrogens with zero attached hydrogens (tertiary/aromatic N) is 2. The summed E-state index contributed by atoms with van der Waals surface area (Å²) in [4.78, 5) is 20.5. The highest BCUT2D eigenvalue weighted by atomic mass is 79.9. The number of pyridine rings is 1. The van der Waals surface area contributed by atoms with Gasteiger partial charge in [0.15, 0.2) is 5.13 Å². The number of rotatable bonds is 2. The second kappa shape index (κ2) is 5.18. The fourth-order valence-corrected chi connectivity index (χ4v) is 2.89. The van der Waals surface area contributed by atoms with E-state index in [0.717, 1.165) is 9.17 Å². The van der Waals surface area contributed by atoms with Gasteiger partial charge in [-0.3, -0.25) is 10.1 Å². The molecule has 2 aromatic heterocycles. The largest absolute Gasteiger partial charge is 0.398 e. The van der Waals surface area contributed by atoms with Gasteiger partial charge in [-0.2, -0.15) is 0 Å². The molecule has 0 bridgehead atoms. The highest BCUT2D eigenvalue weighted by Crippen LogP contribution is 2.24. The number of thiazole rings is 1. The van der Waals surface area contributed by atoms with Crippen LogP contribution in [0.3, 0.4) is 0 Å². The minimum Gasteiger partial charge on any atom is -0.398 e. The number of para-hydroxylation sites is 1. The lowest BCUT2D eigenvalue weighted by atomic mass is 10.1. The average Bonchev–Trinajstić information content (AvgIpc) is 2.84. The number of anilines is 2. The number of carbonyl (C=O) groups excluding carboxylic acids is 1. The molecule has 2 heterocycles. The summed E-state index contributed by atoms with van der Waals surface area (Å²) in [6.45, 7) is 0. The highest BCUT2D eigenvalue weighted by molar-refractivity contribution is 9.11. The van der Waals surface area contributed by atoms with Crippen LogP contribution in [0, 0.1) is 0 Å². The Kier molecular flexibility index (Phi) is 3.37. The van der Waals surface area contributed by atoms with Crippen LogP contribution in [0.1, 0.15) is 10.5 Å². The van der Waals surface area contributed by atoms with Gasteiger partial charge in [-0.05, 0) is 28.1 Å². The molecule has 0 radical (unpaired) electrons. The molecule has 0 aliphatic rings. The molecule has 0 atom stereocenters. The molecule has 1 amide bonds. The van der Waals surface area contributed by atoms with Crippen molar-refractivity contribution in [1.82, 2.24) is 9.97 Å². The summed E-state index contributed by atoms with van der Waals surface area (Å²) in [5.41, 5.74) is 7.44. The van der Waals surface area contributed by atoms with Gasteiger partial charge in [0.25, 0.3) is 5.91 Å². The Balaban J connectivity index is 1.95. The summed E-state index contributed by atoms with van der Waals surface area (Å²) in [6.07, 6.45) is 1.63. The van der Waals surface area contributed by atoms with E-state index in [9.17, 15) is 4.79 Å². The molecular formula is C13H9BrN4OS. The SMILES string of the molecule is Nc1cc(C(=O)Nc2ncc(Br)s2)nc2ccccc12. The first-order valence-electron chi connectivity index (χ1n) is 5.71. The molecule has 3 aromatic rings. The number of hydrogen-bond donors (Lipinski definition) is 2. The third-order valence-corrected chi connectivity index (χ3v) is 4.07. The minimum atomic E-state index is -0.329. The van der Waals surface area contributed by atoms with Crippen LogP contribution in [-0.4, -0.2) is 15.9 Å². The zero-order chi connectivity index (χ0) is 14.1. The van der Waals surface area contributed by atoms with Crippen LogP contribution in [-0.2, 0) is 0 Å². The summed E-state index contributed by atoms with van der Waals surface area (Å²) in [5, 5.41) is 4.04. The van der Waals surface area contributed by atoms with Crippen molar-refractivity contribution in [2.45, 2.75) is 0 Å². The van der Waals surface area contributed by atoms with Gasteiger partial charge >= 0.3 is 0 Å². The first kappa shape index (κ1) is 13.0. The van der Waals surface area contributed by atoms with E-state index in [1.165, 1.54) is 11.3 Å². The van der Waals surface area contributed by atoms with E-state index >= 15 is 0 Å². The van der Waals surface area contributed by atoms with Gasteiger partial charge in [0.2, 0.25) is 0 Å².